The smallest absolute Gasteiger partial charge is 0.346 e. The molecule has 2 N–H and O–H groups in total. The zero-order chi connectivity index (χ0) is 15.5. The fourth-order valence-corrected chi connectivity index (χ4v) is 2.78. The van der Waals surface area contributed by atoms with Gasteiger partial charge in [-0.05, 0) is 18.4 Å². The normalized spacial score (nSPS) is 13.1. The van der Waals surface area contributed by atoms with Crippen LogP contribution in [0.25, 0.3) is 10.7 Å². The van der Waals surface area contributed by atoms with Crippen molar-refractivity contribution in [3.05, 3.63) is 17.5 Å². The largest absolute Gasteiger partial charge is 0.405 e. The van der Waals surface area contributed by atoms with E-state index < -0.39 is 23.9 Å². The van der Waals surface area contributed by atoms with Crippen LogP contribution in [0.5, 0.6) is 0 Å². The number of nitrogens with one attached hydrogen (secondary N) is 2. The number of aromatic amines is 1. The molecule has 2 heterocycles. The number of thiophene rings is 1. The van der Waals surface area contributed by atoms with Gasteiger partial charge in [0, 0.05) is 0 Å². The summed E-state index contributed by atoms with van der Waals surface area (Å²) < 4.78 is 36.0. The second kappa shape index (κ2) is 6.48. The van der Waals surface area contributed by atoms with Crippen molar-refractivity contribution in [3.8, 4) is 10.7 Å². The van der Waals surface area contributed by atoms with Gasteiger partial charge in [-0.1, -0.05) is 17.8 Å². The SMILES string of the molecule is CC(Sc1n[nH]c(-c2cccs2)n1)C(=O)NCC(F)(F)F. The third-order valence-corrected chi connectivity index (χ3v) is 4.17. The fourth-order valence-electron chi connectivity index (χ4n) is 1.37. The molecule has 1 amide bonds. The van der Waals surface area contributed by atoms with Crippen molar-refractivity contribution in [2.45, 2.75) is 23.5 Å². The summed E-state index contributed by atoms with van der Waals surface area (Å²) in [5, 5.41) is 9.97. The molecule has 0 aliphatic rings. The summed E-state index contributed by atoms with van der Waals surface area (Å²) in [5.74, 6) is -0.143. The standard InChI is InChI=1S/C11H11F3N4OS2/c1-6(9(19)15-5-11(12,13)14)21-10-16-8(17-18-10)7-3-2-4-20-7/h2-4,6H,5H2,1H3,(H,15,19)(H,16,17,18). The molecule has 10 heteroatoms. The third-order valence-electron chi connectivity index (χ3n) is 2.33. The number of nitrogens with zero attached hydrogens (tertiary/aromatic N) is 2. The molecule has 0 saturated heterocycles. The Balaban J connectivity index is 1.91. The van der Waals surface area contributed by atoms with Gasteiger partial charge in [-0.25, -0.2) is 4.98 Å². The number of H-pyrrole nitrogens is 1. The molecule has 0 spiro atoms. The van der Waals surface area contributed by atoms with Gasteiger partial charge in [-0.15, -0.1) is 16.4 Å². The van der Waals surface area contributed by atoms with Gasteiger partial charge in [0.2, 0.25) is 11.1 Å². The minimum Gasteiger partial charge on any atom is -0.346 e. The maximum atomic E-state index is 12.0. The second-order valence-electron chi connectivity index (χ2n) is 4.04. The van der Waals surface area contributed by atoms with Gasteiger partial charge in [0.15, 0.2) is 5.82 Å². The quantitative estimate of drug-likeness (QED) is 0.824. The molecule has 2 aromatic heterocycles. The minimum absolute atomic E-state index is 0.313. The Bertz CT molecular complexity index is 597. The van der Waals surface area contributed by atoms with Crippen molar-refractivity contribution >= 4 is 29.0 Å². The van der Waals surface area contributed by atoms with Crippen molar-refractivity contribution in [2.75, 3.05) is 6.54 Å². The molecule has 2 aromatic rings. The highest BCUT2D eigenvalue weighted by atomic mass is 32.2. The summed E-state index contributed by atoms with van der Waals surface area (Å²) in [4.78, 5) is 16.6. The Hall–Kier alpha value is -1.55. The Labute approximate surface area is 126 Å². The lowest BCUT2D eigenvalue weighted by molar-refractivity contribution is -0.137. The van der Waals surface area contributed by atoms with Crippen LogP contribution in [0, 0.1) is 0 Å². The van der Waals surface area contributed by atoms with Crippen LogP contribution in [0.4, 0.5) is 13.2 Å². The fraction of sp³-hybridized carbons (Fsp3) is 0.364. The monoisotopic (exact) mass is 336 g/mol. The van der Waals surface area contributed by atoms with Gasteiger partial charge in [-0.3, -0.25) is 9.89 Å². The average molecular weight is 336 g/mol. The summed E-state index contributed by atoms with van der Waals surface area (Å²) in [6.45, 7) is 0.155. The van der Waals surface area contributed by atoms with Crippen LogP contribution in [0.1, 0.15) is 6.92 Å². The van der Waals surface area contributed by atoms with Crippen molar-refractivity contribution in [2.24, 2.45) is 0 Å². The number of halogens is 3. The number of thioether (sulfide) groups is 1. The first-order chi connectivity index (χ1) is 9.85. The van der Waals surface area contributed by atoms with Crippen LogP contribution in [0.3, 0.4) is 0 Å². The van der Waals surface area contributed by atoms with Gasteiger partial charge in [0.25, 0.3) is 0 Å². The Morgan fingerprint density at radius 2 is 2.33 bits per heavy atom. The van der Waals surface area contributed by atoms with Crippen LogP contribution in [0.15, 0.2) is 22.7 Å². The highest BCUT2D eigenvalue weighted by Crippen LogP contribution is 2.25. The molecule has 0 aliphatic heterocycles. The lowest BCUT2D eigenvalue weighted by Gasteiger charge is -2.11. The molecular weight excluding hydrogens is 325 g/mol. The summed E-state index contributed by atoms with van der Waals surface area (Å²) in [7, 11) is 0. The van der Waals surface area contributed by atoms with E-state index in [4.69, 9.17) is 0 Å². The maximum Gasteiger partial charge on any atom is 0.405 e. The van der Waals surface area contributed by atoms with Gasteiger partial charge in [0.05, 0.1) is 10.1 Å². The van der Waals surface area contributed by atoms with Crippen molar-refractivity contribution in [3.63, 3.8) is 0 Å². The number of hydrogen-bond acceptors (Lipinski definition) is 5. The Kier molecular flexibility index (Phi) is 4.88. The van der Waals surface area contributed by atoms with Gasteiger partial charge in [-0.2, -0.15) is 13.2 Å². The first kappa shape index (κ1) is 15.8. The topological polar surface area (TPSA) is 70.7 Å². The van der Waals surface area contributed by atoms with E-state index in [2.05, 4.69) is 15.2 Å². The van der Waals surface area contributed by atoms with Crippen LogP contribution < -0.4 is 5.32 Å². The van der Waals surface area contributed by atoms with E-state index in [9.17, 15) is 18.0 Å². The Morgan fingerprint density at radius 3 is 2.95 bits per heavy atom. The van der Waals surface area contributed by atoms with Gasteiger partial charge < -0.3 is 5.32 Å². The average Bonchev–Trinajstić information content (AvgIpc) is 3.04. The zero-order valence-corrected chi connectivity index (χ0v) is 12.4. The zero-order valence-electron chi connectivity index (χ0n) is 10.8. The molecule has 0 radical (unpaired) electrons. The molecule has 0 bridgehead atoms. The molecule has 0 aliphatic carbocycles. The summed E-state index contributed by atoms with van der Waals surface area (Å²) >= 11 is 2.47. The van der Waals surface area contributed by atoms with Gasteiger partial charge in [0.1, 0.15) is 6.54 Å². The molecule has 1 atom stereocenters. The maximum absolute atomic E-state index is 12.0. The van der Waals surface area contributed by atoms with Crippen LogP contribution in [-0.2, 0) is 4.79 Å². The number of hydrogen-bond donors (Lipinski definition) is 2. The molecule has 0 fully saturated rings. The number of carbonyl (C=O) groups is 1. The lowest BCUT2D eigenvalue weighted by Crippen LogP contribution is -2.38. The summed E-state index contributed by atoms with van der Waals surface area (Å²) in [6.07, 6.45) is -4.42. The number of rotatable bonds is 5. The number of aromatic nitrogens is 3. The summed E-state index contributed by atoms with van der Waals surface area (Å²) in [6, 6.07) is 3.72. The van der Waals surface area contributed by atoms with Gasteiger partial charge >= 0.3 is 6.18 Å². The van der Waals surface area contributed by atoms with E-state index in [0.717, 1.165) is 16.6 Å². The highest BCUT2D eigenvalue weighted by Gasteiger charge is 2.29. The molecule has 1 unspecified atom stereocenters. The van der Waals surface area contributed by atoms with E-state index in [1.165, 1.54) is 18.3 Å². The van der Waals surface area contributed by atoms with E-state index in [1.54, 1.807) is 0 Å². The van der Waals surface area contributed by atoms with Crippen molar-refractivity contribution in [1.29, 1.82) is 0 Å². The van der Waals surface area contributed by atoms with Crippen LogP contribution >= 0.6 is 23.1 Å². The summed E-state index contributed by atoms with van der Waals surface area (Å²) in [5.41, 5.74) is 0. The molecular formula is C11H11F3N4OS2. The predicted octanol–water partition coefficient (Wildman–Crippen LogP) is 2.69. The van der Waals surface area contributed by atoms with Crippen molar-refractivity contribution in [1.82, 2.24) is 20.5 Å². The van der Waals surface area contributed by atoms with Crippen LogP contribution in [0.2, 0.25) is 0 Å². The molecule has 0 saturated carbocycles. The lowest BCUT2D eigenvalue weighted by atomic mass is 10.4. The second-order valence-corrected chi connectivity index (χ2v) is 6.29. The predicted molar refractivity (Wildman–Crippen MR) is 74.1 cm³/mol. The Morgan fingerprint density at radius 1 is 1.57 bits per heavy atom. The van der Waals surface area contributed by atoms with E-state index in [-0.39, 0.29) is 0 Å². The van der Waals surface area contributed by atoms with E-state index in [0.29, 0.717) is 11.0 Å². The van der Waals surface area contributed by atoms with E-state index >= 15 is 0 Å². The third kappa shape index (κ3) is 4.74. The molecule has 5 nitrogen and oxygen atoms in total. The highest BCUT2D eigenvalue weighted by molar-refractivity contribution is 8.00. The first-order valence-electron chi connectivity index (χ1n) is 5.82. The first-order valence-corrected chi connectivity index (χ1v) is 7.58. The number of amides is 1. The molecule has 2 rings (SSSR count). The minimum atomic E-state index is -4.42. The molecule has 114 valence electrons. The number of carbonyl (C=O) groups excluding carboxylic acids is 1. The number of alkyl halides is 3. The molecule has 21 heavy (non-hydrogen) atoms. The van der Waals surface area contributed by atoms with E-state index in [1.807, 2.05) is 22.8 Å². The van der Waals surface area contributed by atoms with Crippen LogP contribution in [-0.4, -0.2) is 39.1 Å². The van der Waals surface area contributed by atoms with Crippen molar-refractivity contribution < 1.29 is 18.0 Å². The molecule has 0 aromatic carbocycles.